The first kappa shape index (κ1) is 20.1. The van der Waals surface area contributed by atoms with Gasteiger partial charge in [0.1, 0.15) is 0 Å². The normalized spacial score (nSPS) is 16.6. The molecule has 6 nitrogen and oxygen atoms in total. The highest BCUT2D eigenvalue weighted by Crippen LogP contribution is 2.36. The molecule has 0 amide bonds. The molecule has 2 heterocycles. The lowest BCUT2D eigenvalue weighted by Crippen LogP contribution is -2.30. The monoisotopic (exact) mass is 404 g/mol. The first-order valence-electron chi connectivity index (χ1n) is 10.6. The average Bonchev–Trinajstić information content (AvgIpc) is 3.18. The van der Waals surface area contributed by atoms with Gasteiger partial charge in [0, 0.05) is 36.3 Å². The van der Waals surface area contributed by atoms with E-state index in [1.165, 1.54) is 11.3 Å². The Bertz CT molecular complexity index is 1150. The van der Waals surface area contributed by atoms with Crippen LogP contribution in [0, 0.1) is 5.92 Å². The van der Waals surface area contributed by atoms with Gasteiger partial charge >= 0.3 is 5.69 Å². The minimum Gasteiger partial charge on any atom is -0.311 e. The number of H-pyrrole nitrogens is 2. The van der Waals surface area contributed by atoms with Crippen molar-refractivity contribution in [2.45, 2.75) is 52.0 Å². The maximum atomic E-state index is 12.6. The Labute approximate surface area is 175 Å². The third kappa shape index (κ3) is 4.37. The van der Waals surface area contributed by atoms with Gasteiger partial charge in [0.2, 0.25) is 0 Å². The van der Waals surface area contributed by atoms with Crippen LogP contribution in [0.4, 0.5) is 0 Å². The van der Waals surface area contributed by atoms with Crippen LogP contribution < -0.4 is 11.2 Å². The lowest BCUT2D eigenvalue weighted by molar-refractivity contribution is 0.477. The Morgan fingerprint density at radius 2 is 1.93 bits per heavy atom. The van der Waals surface area contributed by atoms with Gasteiger partial charge in [-0.3, -0.25) is 14.5 Å². The number of nitrogens with zero attached hydrogens (tertiary/aromatic N) is 2. The molecule has 0 radical (unpaired) electrons. The second-order valence-electron chi connectivity index (χ2n) is 8.46. The van der Waals surface area contributed by atoms with Crippen molar-refractivity contribution < 1.29 is 0 Å². The molecule has 2 aromatic heterocycles. The minimum atomic E-state index is -0.434. The Balaban J connectivity index is 1.61. The molecule has 1 atom stereocenters. The van der Waals surface area contributed by atoms with Gasteiger partial charge in [0.15, 0.2) is 0 Å². The van der Waals surface area contributed by atoms with Crippen LogP contribution in [-0.4, -0.2) is 19.7 Å². The molecule has 0 saturated heterocycles. The Morgan fingerprint density at radius 1 is 1.13 bits per heavy atom. The van der Waals surface area contributed by atoms with E-state index in [0.717, 1.165) is 37.1 Å². The molecular weight excluding hydrogens is 376 g/mol. The van der Waals surface area contributed by atoms with Crippen molar-refractivity contribution in [3.8, 4) is 0 Å². The lowest BCUT2D eigenvalue weighted by Gasteiger charge is -2.24. The van der Waals surface area contributed by atoms with Crippen molar-refractivity contribution in [3.63, 3.8) is 0 Å². The summed E-state index contributed by atoms with van der Waals surface area (Å²) in [5, 5.41) is 4.48. The fraction of sp³-hybridized carbons (Fsp3) is 0.375. The number of allylic oxidation sites excluding steroid dienone is 2. The predicted molar refractivity (Wildman–Crippen MR) is 119 cm³/mol. The Kier molecular flexibility index (Phi) is 5.84. The van der Waals surface area contributed by atoms with E-state index in [0.29, 0.717) is 17.9 Å². The molecule has 4 rings (SSSR count). The van der Waals surface area contributed by atoms with Crippen LogP contribution in [-0.2, 0) is 13.0 Å². The maximum absolute atomic E-state index is 12.6. The van der Waals surface area contributed by atoms with E-state index in [2.05, 4.69) is 45.7 Å². The zero-order chi connectivity index (χ0) is 21.1. The standard InChI is InChI=1S/C24H28N4O2/c1-16(2)15-28-21(12-13-25-28)18-8-10-19(11-9-18)22-20(23(29)27-24(30)26-22)14-17-6-4-3-5-7-17/h3-8,12-13,16,19H,9-11,14-15H2,1-2H3,(H2,26,27,29,30). The molecule has 0 spiro atoms. The molecule has 156 valence electrons. The third-order valence-electron chi connectivity index (χ3n) is 5.70. The van der Waals surface area contributed by atoms with Crippen LogP contribution in [0.1, 0.15) is 61.5 Å². The Morgan fingerprint density at radius 3 is 2.63 bits per heavy atom. The van der Waals surface area contributed by atoms with Gasteiger partial charge in [-0.25, -0.2) is 4.79 Å². The predicted octanol–water partition coefficient (Wildman–Crippen LogP) is 3.86. The molecule has 3 aromatic rings. The number of aromatic nitrogens is 4. The van der Waals surface area contributed by atoms with E-state index in [-0.39, 0.29) is 11.5 Å². The minimum absolute atomic E-state index is 0.129. The van der Waals surface area contributed by atoms with Crippen LogP contribution in [0.5, 0.6) is 0 Å². The summed E-state index contributed by atoms with van der Waals surface area (Å²) in [5.41, 5.74) is 4.23. The van der Waals surface area contributed by atoms with Crippen molar-refractivity contribution in [2.24, 2.45) is 5.92 Å². The first-order chi connectivity index (χ1) is 14.5. The quantitative estimate of drug-likeness (QED) is 0.654. The first-order valence-corrected chi connectivity index (χ1v) is 10.6. The summed E-state index contributed by atoms with van der Waals surface area (Å²) in [6.45, 7) is 5.27. The van der Waals surface area contributed by atoms with Gasteiger partial charge in [-0.2, -0.15) is 5.10 Å². The van der Waals surface area contributed by atoms with Gasteiger partial charge in [0.25, 0.3) is 5.56 Å². The molecule has 0 fully saturated rings. The summed E-state index contributed by atoms with van der Waals surface area (Å²) in [5.74, 6) is 0.659. The molecule has 0 bridgehead atoms. The summed E-state index contributed by atoms with van der Waals surface area (Å²) >= 11 is 0. The van der Waals surface area contributed by atoms with Crippen molar-refractivity contribution in [2.75, 3.05) is 0 Å². The zero-order valence-corrected chi connectivity index (χ0v) is 17.5. The van der Waals surface area contributed by atoms with E-state index >= 15 is 0 Å². The number of hydrogen-bond donors (Lipinski definition) is 2. The molecule has 6 heteroatoms. The topological polar surface area (TPSA) is 83.5 Å². The van der Waals surface area contributed by atoms with Gasteiger partial charge in [0.05, 0.1) is 5.69 Å². The maximum Gasteiger partial charge on any atom is 0.325 e. The lowest BCUT2D eigenvalue weighted by atomic mass is 9.84. The van der Waals surface area contributed by atoms with Crippen molar-refractivity contribution in [3.05, 3.63) is 92.0 Å². The second-order valence-corrected chi connectivity index (χ2v) is 8.46. The molecule has 1 aliphatic carbocycles. The molecule has 0 aliphatic heterocycles. The number of rotatable bonds is 6. The number of aromatic amines is 2. The number of nitrogens with one attached hydrogen (secondary N) is 2. The fourth-order valence-electron chi connectivity index (χ4n) is 4.28. The zero-order valence-electron chi connectivity index (χ0n) is 17.5. The highest BCUT2D eigenvalue weighted by atomic mass is 16.2. The summed E-state index contributed by atoms with van der Waals surface area (Å²) in [7, 11) is 0. The second kappa shape index (κ2) is 8.69. The van der Waals surface area contributed by atoms with Gasteiger partial charge in [-0.1, -0.05) is 50.3 Å². The van der Waals surface area contributed by atoms with Crippen LogP contribution >= 0.6 is 0 Å². The molecular formula is C24H28N4O2. The SMILES string of the molecule is CC(C)Cn1nccc1C1=CCC(c2[nH]c(=O)[nH]c(=O)c2Cc2ccccc2)CC1. The molecule has 0 saturated carbocycles. The Hall–Kier alpha value is -3.15. The number of benzene rings is 1. The summed E-state index contributed by atoms with van der Waals surface area (Å²) < 4.78 is 2.08. The van der Waals surface area contributed by atoms with E-state index in [1.807, 2.05) is 36.5 Å². The fourth-order valence-corrected chi connectivity index (χ4v) is 4.28. The summed E-state index contributed by atoms with van der Waals surface area (Å²) in [4.78, 5) is 30.0. The molecule has 30 heavy (non-hydrogen) atoms. The van der Waals surface area contributed by atoms with E-state index < -0.39 is 5.69 Å². The highest BCUT2D eigenvalue weighted by molar-refractivity contribution is 5.64. The van der Waals surface area contributed by atoms with Gasteiger partial charge in [-0.05, 0) is 42.4 Å². The van der Waals surface area contributed by atoms with Gasteiger partial charge < -0.3 is 4.98 Å². The average molecular weight is 405 g/mol. The van der Waals surface area contributed by atoms with Crippen LogP contribution in [0.3, 0.4) is 0 Å². The third-order valence-corrected chi connectivity index (χ3v) is 5.70. The molecule has 1 aliphatic rings. The van der Waals surface area contributed by atoms with Gasteiger partial charge in [-0.15, -0.1) is 0 Å². The molecule has 2 N–H and O–H groups in total. The molecule has 1 aromatic carbocycles. The van der Waals surface area contributed by atoms with Crippen LogP contribution in [0.15, 0.2) is 58.3 Å². The molecule has 1 unspecified atom stereocenters. The van der Waals surface area contributed by atoms with Crippen LogP contribution in [0.25, 0.3) is 5.57 Å². The number of hydrogen-bond acceptors (Lipinski definition) is 3. The van der Waals surface area contributed by atoms with E-state index in [9.17, 15) is 9.59 Å². The largest absolute Gasteiger partial charge is 0.325 e. The van der Waals surface area contributed by atoms with Crippen molar-refractivity contribution in [1.82, 2.24) is 19.7 Å². The smallest absolute Gasteiger partial charge is 0.311 e. The van der Waals surface area contributed by atoms with Crippen LogP contribution in [0.2, 0.25) is 0 Å². The summed E-state index contributed by atoms with van der Waals surface area (Å²) in [6, 6.07) is 12.0. The van der Waals surface area contributed by atoms with Crippen molar-refractivity contribution >= 4 is 5.57 Å². The summed E-state index contributed by atoms with van der Waals surface area (Å²) in [6.07, 6.45) is 7.19. The van der Waals surface area contributed by atoms with Crippen molar-refractivity contribution in [1.29, 1.82) is 0 Å². The van der Waals surface area contributed by atoms with E-state index in [4.69, 9.17) is 0 Å². The van der Waals surface area contributed by atoms with E-state index in [1.54, 1.807) is 0 Å². The highest BCUT2D eigenvalue weighted by Gasteiger charge is 2.23.